The van der Waals surface area contributed by atoms with Gasteiger partial charge in [-0.05, 0) is 47.4 Å². The molecular formula is C23H18FN5O2S. The zero-order valence-corrected chi connectivity index (χ0v) is 17.6. The highest BCUT2D eigenvalue weighted by Crippen LogP contribution is 2.25. The van der Waals surface area contributed by atoms with Gasteiger partial charge in [0.1, 0.15) is 5.82 Å². The van der Waals surface area contributed by atoms with Crippen LogP contribution in [-0.2, 0) is 16.1 Å². The molecule has 0 amide bonds. The van der Waals surface area contributed by atoms with Gasteiger partial charge in [0.05, 0.1) is 5.57 Å². The molecule has 0 radical (unpaired) electrons. The number of nitrogens with one attached hydrogen (secondary N) is 1. The Labute approximate surface area is 187 Å². The van der Waals surface area contributed by atoms with Crippen molar-refractivity contribution in [3.8, 4) is 0 Å². The van der Waals surface area contributed by atoms with Gasteiger partial charge in [0.15, 0.2) is 12.4 Å². The summed E-state index contributed by atoms with van der Waals surface area (Å²) in [6.07, 6.45) is 1.65. The number of benzene rings is 2. The van der Waals surface area contributed by atoms with Crippen molar-refractivity contribution in [3.05, 3.63) is 94.2 Å². The van der Waals surface area contributed by atoms with Gasteiger partial charge in [0, 0.05) is 10.6 Å². The molecule has 0 unspecified atom stereocenters. The lowest BCUT2D eigenvalue weighted by Crippen LogP contribution is -2.11. The van der Waals surface area contributed by atoms with E-state index in [-0.39, 0.29) is 30.1 Å². The third-order valence-corrected chi connectivity index (χ3v) is 5.15. The summed E-state index contributed by atoms with van der Waals surface area (Å²) in [5, 5.41) is 4.89. The van der Waals surface area contributed by atoms with E-state index in [4.69, 9.17) is 10.5 Å². The summed E-state index contributed by atoms with van der Waals surface area (Å²) in [7, 11) is 0. The summed E-state index contributed by atoms with van der Waals surface area (Å²) < 4.78 is 18.7. The van der Waals surface area contributed by atoms with E-state index in [2.05, 4.69) is 20.3 Å². The molecule has 0 aliphatic rings. The molecule has 2 aromatic heterocycles. The number of esters is 1. The molecule has 2 aromatic carbocycles. The van der Waals surface area contributed by atoms with E-state index in [0.717, 1.165) is 10.6 Å². The standard InChI is InChI=1S/C23H18FN5O2S/c24-16-10-8-15(9-11-16)13-18(19-7-4-12-32-19)21(30)31-14-20-27-22(25)29-23(28-20)26-17-5-2-1-3-6-17/h1-13H,14H2,(H3,25,26,27,28,29)/b18-13+. The van der Waals surface area contributed by atoms with Crippen molar-refractivity contribution in [2.75, 3.05) is 11.1 Å². The minimum Gasteiger partial charge on any atom is -0.454 e. The van der Waals surface area contributed by atoms with Crippen LogP contribution in [0.1, 0.15) is 16.3 Å². The van der Waals surface area contributed by atoms with Gasteiger partial charge in [0.25, 0.3) is 0 Å². The highest BCUT2D eigenvalue weighted by molar-refractivity contribution is 7.11. The third-order valence-electron chi connectivity index (χ3n) is 4.25. The molecule has 4 rings (SSSR count). The molecule has 7 nitrogen and oxygen atoms in total. The minimum atomic E-state index is -0.562. The van der Waals surface area contributed by atoms with Crippen molar-refractivity contribution < 1.29 is 13.9 Å². The fraction of sp³-hybridized carbons (Fsp3) is 0.0435. The molecule has 32 heavy (non-hydrogen) atoms. The van der Waals surface area contributed by atoms with Crippen LogP contribution in [0.25, 0.3) is 11.6 Å². The second kappa shape index (κ2) is 9.80. The lowest BCUT2D eigenvalue weighted by atomic mass is 10.1. The van der Waals surface area contributed by atoms with Crippen LogP contribution in [0.2, 0.25) is 0 Å². The van der Waals surface area contributed by atoms with Crippen molar-refractivity contribution in [1.82, 2.24) is 15.0 Å². The van der Waals surface area contributed by atoms with Gasteiger partial charge < -0.3 is 15.8 Å². The molecular weight excluding hydrogens is 429 g/mol. The number of anilines is 3. The van der Waals surface area contributed by atoms with Gasteiger partial charge >= 0.3 is 5.97 Å². The number of nitrogens with two attached hydrogens (primary N) is 1. The molecule has 0 aliphatic carbocycles. The zero-order chi connectivity index (χ0) is 22.3. The first-order chi connectivity index (χ1) is 15.6. The van der Waals surface area contributed by atoms with Crippen LogP contribution in [-0.4, -0.2) is 20.9 Å². The third kappa shape index (κ3) is 5.52. The lowest BCUT2D eigenvalue weighted by Gasteiger charge is -2.09. The number of nitrogens with zero attached hydrogens (tertiary/aromatic N) is 3. The lowest BCUT2D eigenvalue weighted by molar-refractivity contribution is -0.138. The fourth-order valence-corrected chi connectivity index (χ4v) is 3.54. The van der Waals surface area contributed by atoms with Gasteiger partial charge in [0.2, 0.25) is 11.9 Å². The summed E-state index contributed by atoms with van der Waals surface area (Å²) in [5.74, 6) is -0.459. The predicted molar refractivity (Wildman–Crippen MR) is 122 cm³/mol. The largest absolute Gasteiger partial charge is 0.454 e. The zero-order valence-electron chi connectivity index (χ0n) is 16.7. The van der Waals surface area contributed by atoms with Gasteiger partial charge in [-0.3, -0.25) is 0 Å². The average molecular weight is 447 g/mol. The van der Waals surface area contributed by atoms with E-state index in [0.29, 0.717) is 11.1 Å². The van der Waals surface area contributed by atoms with E-state index in [1.165, 1.54) is 23.5 Å². The number of ether oxygens (including phenoxy) is 1. The molecule has 3 N–H and O–H groups in total. The fourth-order valence-electron chi connectivity index (χ4n) is 2.80. The molecule has 0 atom stereocenters. The molecule has 0 saturated heterocycles. The molecule has 4 aromatic rings. The summed E-state index contributed by atoms with van der Waals surface area (Å²) in [6.45, 7) is -0.193. The summed E-state index contributed by atoms with van der Waals surface area (Å²) in [4.78, 5) is 26.0. The number of thiophene rings is 1. The predicted octanol–water partition coefficient (Wildman–Crippen LogP) is 4.68. The Kier molecular flexibility index (Phi) is 6.47. The number of aromatic nitrogens is 3. The Bertz CT molecular complexity index is 1230. The first-order valence-corrected chi connectivity index (χ1v) is 10.5. The van der Waals surface area contributed by atoms with Crippen LogP contribution in [0.4, 0.5) is 22.0 Å². The van der Waals surface area contributed by atoms with E-state index >= 15 is 0 Å². The first kappa shape index (κ1) is 21.1. The molecule has 9 heteroatoms. The smallest absolute Gasteiger partial charge is 0.340 e. The number of halogens is 1. The molecule has 0 fully saturated rings. The topological polar surface area (TPSA) is 103 Å². The highest BCUT2D eigenvalue weighted by Gasteiger charge is 2.16. The second-order valence-electron chi connectivity index (χ2n) is 6.59. The van der Waals surface area contributed by atoms with Gasteiger partial charge in [-0.25, -0.2) is 9.18 Å². The van der Waals surface area contributed by atoms with Crippen LogP contribution < -0.4 is 11.1 Å². The number of nitrogen functional groups attached to an aromatic ring is 1. The van der Waals surface area contributed by atoms with Crippen molar-refractivity contribution in [3.63, 3.8) is 0 Å². The van der Waals surface area contributed by atoms with Crippen molar-refractivity contribution in [2.24, 2.45) is 0 Å². The number of rotatable bonds is 7. The Hall–Kier alpha value is -4.11. The number of hydrogen-bond acceptors (Lipinski definition) is 8. The summed E-state index contributed by atoms with van der Waals surface area (Å²) in [5.41, 5.74) is 7.58. The maximum Gasteiger partial charge on any atom is 0.340 e. The van der Waals surface area contributed by atoms with Crippen LogP contribution in [0.3, 0.4) is 0 Å². The normalized spacial score (nSPS) is 11.2. The van der Waals surface area contributed by atoms with Crippen molar-refractivity contribution in [2.45, 2.75) is 6.61 Å². The number of para-hydroxylation sites is 1. The van der Waals surface area contributed by atoms with Crippen molar-refractivity contribution >= 4 is 46.5 Å². The number of hydrogen-bond donors (Lipinski definition) is 2. The van der Waals surface area contributed by atoms with Crippen LogP contribution >= 0.6 is 11.3 Å². The van der Waals surface area contributed by atoms with Gasteiger partial charge in [-0.15, -0.1) is 11.3 Å². The molecule has 2 heterocycles. The maximum absolute atomic E-state index is 13.2. The molecule has 160 valence electrons. The summed E-state index contributed by atoms with van der Waals surface area (Å²) >= 11 is 1.40. The first-order valence-electron chi connectivity index (χ1n) is 9.57. The Balaban J connectivity index is 1.51. The highest BCUT2D eigenvalue weighted by atomic mass is 32.1. The minimum absolute atomic E-state index is 0.00446. The number of carbonyl (C=O) groups is 1. The van der Waals surface area contributed by atoms with Crippen LogP contribution in [0, 0.1) is 5.82 Å². The average Bonchev–Trinajstić information content (AvgIpc) is 3.32. The summed E-state index contributed by atoms with van der Waals surface area (Å²) in [6, 6.07) is 18.8. The van der Waals surface area contributed by atoms with E-state index in [1.807, 2.05) is 47.8 Å². The molecule has 0 saturated carbocycles. The monoisotopic (exact) mass is 447 g/mol. The molecule has 0 aliphatic heterocycles. The van der Waals surface area contributed by atoms with E-state index in [9.17, 15) is 9.18 Å². The Morgan fingerprint density at radius 2 is 1.81 bits per heavy atom. The second-order valence-corrected chi connectivity index (χ2v) is 7.54. The molecule has 0 spiro atoms. The van der Waals surface area contributed by atoms with E-state index in [1.54, 1.807) is 18.2 Å². The van der Waals surface area contributed by atoms with Gasteiger partial charge in [-0.2, -0.15) is 15.0 Å². The van der Waals surface area contributed by atoms with Crippen molar-refractivity contribution in [1.29, 1.82) is 0 Å². The van der Waals surface area contributed by atoms with Crippen LogP contribution in [0.5, 0.6) is 0 Å². The molecule has 0 bridgehead atoms. The Morgan fingerprint density at radius 1 is 1.03 bits per heavy atom. The van der Waals surface area contributed by atoms with Gasteiger partial charge in [-0.1, -0.05) is 36.4 Å². The van der Waals surface area contributed by atoms with E-state index < -0.39 is 5.97 Å². The quantitative estimate of drug-likeness (QED) is 0.313. The Morgan fingerprint density at radius 3 is 2.53 bits per heavy atom. The maximum atomic E-state index is 13.2. The van der Waals surface area contributed by atoms with Crippen LogP contribution in [0.15, 0.2) is 72.1 Å². The SMILES string of the molecule is Nc1nc(COC(=O)/C(=C/c2ccc(F)cc2)c2cccs2)nc(Nc2ccccc2)n1. The number of carbonyl (C=O) groups excluding carboxylic acids is 1.